The van der Waals surface area contributed by atoms with Crippen molar-refractivity contribution in [1.29, 1.82) is 0 Å². The van der Waals surface area contributed by atoms with Gasteiger partial charge in [0.25, 0.3) is 0 Å². The van der Waals surface area contributed by atoms with Gasteiger partial charge < -0.3 is 15.2 Å². The predicted molar refractivity (Wildman–Crippen MR) is 76.0 cm³/mol. The number of thiophene rings is 1. The minimum atomic E-state index is -1.15. The summed E-state index contributed by atoms with van der Waals surface area (Å²) < 4.78 is 1.19. The summed E-state index contributed by atoms with van der Waals surface area (Å²) in [7, 11) is 0. The Labute approximate surface area is 118 Å². The number of nitrogens with one attached hydrogen (secondary N) is 1. The molecule has 0 bridgehead atoms. The highest BCUT2D eigenvalue weighted by Gasteiger charge is 2.05. The Kier molecular flexibility index (Phi) is 4.81. The number of rotatable bonds is 6. The summed E-state index contributed by atoms with van der Waals surface area (Å²) in [6, 6.07) is 8.02. The van der Waals surface area contributed by atoms with Crippen LogP contribution in [0, 0.1) is 0 Å². The zero-order chi connectivity index (χ0) is 13.7. The molecule has 1 N–H and O–H groups in total. The predicted octanol–water partition coefficient (Wildman–Crippen LogP) is 1.00. The van der Waals surface area contributed by atoms with E-state index in [0.717, 1.165) is 22.7 Å². The van der Waals surface area contributed by atoms with Crippen LogP contribution in [0.3, 0.4) is 0 Å². The number of benzene rings is 1. The Morgan fingerprint density at radius 3 is 2.84 bits per heavy atom. The summed E-state index contributed by atoms with van der Waals surface area (Å²) in [5.41, 5.74) is 1.08. The van der Waals surface area contributed by atoms with Crippen molar-refractivity contribution in [3.05, 3.63) is 35.2 Å². The molecule has 0 fully saturated rings. The van der Waals surface area contributed by atoms with Crippen molar-refractivity contribution in [2.24, 2.45) is 0 Å². The second-order valence-corrected chi connectivity index (χ2v) is 5.80. The Morgan fingerprint density at radius 1 is 1.26 bits per heavy atom. The highest BCUT2D eigenvalue weighted by Crippen LogP contribution is 2.25. The first-order valence-corrected chi connectivity index (χ1v) is 7.69. The van der Waals surface area contributed by atoms with Gasteiger partial charge in [-0.3, -0.25) is 4.79 Å². The van der Waals surface area contributed by atoms with Crippen molar-refractivity contribution in [2.75, 3.05) is 11.5 Å². The molecule has 1 heterocycles. The van der Waals surface area contributed by atoms with E-state index < -0.39 is 5.97 Å². The fraction of sp³-hybridized carbons (Fsp3) is 0.231. The van der Waals surface area contributed by atoms with E-state index in [0.29, 0.717) is 6.54 Å². The first kappa shape index (κ1) is 13.9. The molecule has 0 spiro atoms. The molecule has 19 heavy (non-hydrogen) atoms. The molecule has 0 aliphatic rings. The van der Waals surface area contributed by atoms with Crippen molar-refractivity contribution in [2.45, 2.75) is 6.54 Å². The maximum atomic E-state index is 11.5. The van der Waals surface area contributed by atoms with Crippen molar-refractivity contribution < 1.29 is 14.7 Å². The third kappa shape index (κ3) is 3.97. The largest absolute Gasteiger partial charge is 0.549 e. The van der Waals surface area contributed by atoms with Gasteiger partial charge in [0.05, 0.1) is 11.7 Å². The molecule has 0 radical (unpaired) electrons. The molecule has 0 aliphatic carbocycles. The van der Waals surface area contributed by atoms with Gasteiger partial charge in [0.2, 0.25) is 5.91 Å². The van der Waals surface area contributed by atoms with Crippen LogP contribution in [-0.4, -0.2) is 23.4 Å². The first-order chi connectivity index (χ1) is 9.16. The topological polar surface area (TPSA) is 69.2 Å². The van der Waals surface area contributed by atoms with E-state index in [2.05, 4.69) is 5.32 Å². The van der Waals surface area contributed by atoms with Gasteiger partial charge in [0.1, 0.15) is 0 Å². The number of carbonyl (C=O) groups is 2. The van der Waals surface area contributed by atoms with Crippen molar-refractivity contribution in [3.8, 4) is 0 Å². The van der Waals surface area contributed by atoms with Crippen LogP contribution in [0.25, 0.3) is 10.1 Å². The monoisotopic (exact) mass is 294 g/mol. The first-order valence-electron chi connectivity index (χ1n) is 5.66. The Morgan fingerprint density at radius 2 is 2.05 bits per heavy atom. The number of carbonyl (C=O) groups excluding carboxylic acids is 2. The maximum Gasteiger partial charge on any atom is 0.230 e. The number of hydrogen-bond donors (Lipinski definition) is 1. The average molecular weight is 294 g/mol. The van der Waals surface area contributed by atoms with Gasteiger partial charge in [-0.1, -0.05) is 18.2 Å². The quantitative estimate of drug-likeness (QED) is 0.863. The van der Waals surface area contributed by atoms with Gasteiger partial charge in [0.15, 0.2) is 0 Å². The van der Waals surface area contributed by atoms with E-state index >= 15 is 0 Å². The second kappa shape index (κ2) is 6.58. The fourth-order valence-electron chi connectivity index (χ4n) is 1.64. The summed E-state index contributed by atoms with van der Waals surface area (Å²) >= 11 is 2.68. The minimum Gasteiger partial charge on any atom is -0.549 e. The van der Waals surface area contributed by atoms with Gasteiger partial charge in [-0.05, 0) is 22.4 Å². The van der Waals surface area contributed by atoms with Crippen LogP contribution in [0.4, 0.5) is 0 Å². The summed E-state index contributed by atoms with van der Waals surface area (Å²) in [6.07, 6.45) is 0. The van der Waals surface area contributed by atoms with Gasteiger partial charge >= 0.3 is 0 Å². The van der Waals surface area contributed by atoms with Gasteiger partial charge in [-0.15, -0.1) is 23.1 Å². The number of amides is 1. The summed E-state index contributed by atoms with van der Waals surface area (Å²) in [4.78, 5) is 21.7. The standard InChI is InChI=1S/C13H13NO3S2/c15-12(7-18-8-13(16)17)14-5-9-6-19-11-4-2-1-3-10(9)11/h1-4,6H,5,7-8H2,(H,14,15)(H,16,17)/p-1. The molecule has 0 atom stereocenters. The third-order valence-corrected chi connectivity index (χ3v) is 4.41. The molecule has 0 unspecified atom stereocenters. The lowest BCUT2D eigenvalue weighted by atomic mass is 10.2. The summed E-state index contributed by atoms with van der Waals surface area (Å²) in [5, 5.41) is 16.2. The van der Waals surface area contributed by atoms with Crippen LogP contribution in [0.1, 0.15) is 5.56 Å². The Bertz CT molecular complexity index is 594. The molecule has 0 saturated heterocycles. The number of thioether (sulfide) groups is 1. The highest BCUT2D eigenvalue weighted by molar-refractivity contribution is 8.00. The number of fused-ring (bicyclic) bond motifs is 1. The number of aliphatic carboxylic acids is 1. The van der Waals surface area contributed by atoms with Gasteiger partial charge in [-0.25, -0.2) is 0 Å². The van der Waals surface area contributed by atoms with Crippen LogP contribution in [0.5, 0.6) is 0 Å². The van der Waals surface area contributed by atoms with Crippen molar-refractivity contribution in [3.63, 3.8) is 0 Å². The van der Waals surface area contributed by atoms with Crippen LogP contribution in [0.2, 0.25) is 0 Å². The van der Waals surface area contributed by atoms with E-state index in [1.807, 2.05) is 29.6 Å². The molecule has 1 aromatic heterocycles. The molecule has 1 amide bonds. The number of carboxylic acid groups (broad SMARTS) is 1. The van der Waals surface area contributed by atoms with E-state index in [9.17, 15) is 14.7 Å². The molecule has 100 valence electrons. The number of hydrogen-bond acceptors (Lipinski definition) is 5. The van der Waals surface area contributed by atoms with E-state index in [4.69, 9.17) is 0 Å². The van der Waals surface area contributed by atoms with Crippen LogP contribution in [-0.2, 0) is 16.1 Å². The van der Waals surface area contributed by atoms with Gasteiger partial charge in [-0.2, -0.15) is 0 Å². The van der Waals surface area contributed by atoms with E-state index in [1.54, 1.807) is 11.3 Å². The van der Waals surface area contributed by atoms with Crippen LogP contribution in [0.15, 0.2) is 29.6 Å². The zero-order valence-corrected chi connectivity index (χ0v) is 11.7. The summed E-state index contributed by atoms with van der Waals surface area (Å²) in [6.45, 7) is 0.467. The lowest BCUT2D eigenvalue weighted by Gasteiger charge is -2.05. The highest BCUT2D eigenvalue weighted by atomic mass is 32.2. The van der Waals surface area contributed by atoms with Crippen LogP contribution >= 0.6 is 23.1 Å². The molecule has 1 aromatic carbocycles. The third-order valence-electron chi connectivity index (χ3n) is 2.49. The Hall–Kier alpha value is -1.53. The molecule has 0 aliphatic heterocycles. The normalized spacial score (nSPS) is 10.5. The molecular formula is C13H12NO3S2-. The Balaban J connectivity index is 1.85. The molecule has 2 aromatic rings. The number of carboxylic acids is 1. The molecule has 6 heteroatoms. The molecule has 0 saturated carbocycles. The zero-order valence-electron chi connectivity index (χ0n) is 10.0. The average Bonchev–Trinajstić information content (AvgIpc) is 2.79. The minimum absolute atomic E-state index is 0.135. The van der Waals surface area contributed by atoms with E-state index in [-0.39, 0.29) is 17.4 Å². The lowest BCUT2D eigenvalue weighted by molar-refractivity contribution is -0.301. The molecule has 2 rings (SSSR count). The maximum absolute atomic E-state index is 11.5. The fourth-order valence-corrected chi connectivity index (χ4v) is 3.16. The molecular weight excluding hydrogens is 282 g/mol. The van der Waals surface area contributed by atoms with E-state index in [1.165, 1.54) is 4.70 Å². The second-order valence-electron chi connectivity index (χ2n) is 3.90. The summed E-state index contributed by atoms with van der Waals surface area (Å²) in [5.74, 6) is -1.34. The van der Waals surface area contributed by atoms with Gasteiger partial charge in [0, 0.05) is 17.0 Å². The van der Waals surface area contributed by atoms with Crippen LogP contribution < -0.4 is 10.4 Å². The van der Waals surface area contributed by atoms with Crippen molar-refractivity contribution in [1.82, 2.24) is 5.32 Å². The molecule has 4 nitrogen and oxygen atoms in total. The lowest BCUT2D eigenvalue weighted by Crippen LogP contribution is -2.28. The smallest absolute Gasteiger partial charge is 0.230 e. The van der Waals surface area contributed by atoms with Crippen molar-refractivity contribution >= 4 is 45.1 Å². The SMILES string of the molecule is O=C([O-])CSCC(=O)NCc1csc2ccccc12.